The number of hydrogen-bond donors (Lipinski definition) is 2. The first-order valence-corrected chi connectivity index (χ1v) is 10.3. The van der Waals surface area contributed by atoms with Crippen molar-refractivity contribution < 1.29 is 9.53 Å². The van der Waals surface area contributed by atoms with Gasteiger partial charge in [0.25, 0.3) is 5.91 Å². The molecule has 0 saturated carbocycles. The molecule has 0 aliphatic carbocycles. The van der Waals surface area contributed by atoms with E-state index in [1.807, 2.05) is 93.7 Å². The van der Waals surface area contributed by atoms with Gasteiger partial charge in [-0.25, -0.2) is 0 Å². The Morgan fingerprint density at radius 2 is 1.77 bits per heavy atom. The topological polar surface area (TPSA) is 63.2 Å². The highest BCUT2D eigenvalue weighted by molar-refractivity contribution is 6.13. The summed E-state index contributed by atoms with van der Waals surface area (Å²) in [5.41, 5.74) is 3.42. The molecule has 1 unspecified atom stereocenters. The molecular formula is C26H25N3O2. The van der Waals surface area contributed by atoms with E-state index >= 15 is 0 Å². The Morgan fingerprint density at radius 3 is 2.58 bits per heavy atom. The Kier molecular flexibility index (Phi) is 5.96. The largest absolute Gasteiger partial charge is 0.457 e. The molecule has 0 aliphatic heterocycles. The summed E-state index contributed by atoms with van der Waals surface area (Å²) in [5.74, 6) is 1.29. The molecule has 0 fully saturated rings. The maximum atomic E-state index is 12.9. The monoisotopic (exact) mass is 411 g/mol. The Balaban J connectivity index is 1.59. The van der Waals surface area contributed by atoms with E-state index in [-0.39, 0.29) is 11.9 Å². The Labute approximate surface area is 182 Å². The third-order valence-corrected chi connectivity index (χ3v) is 5.24. The van der Waals surface area contributed by atoms with Crippen molar-refractivity contribution in [2.24, 2.45) is 0 Å². The van der Waals surface area contributed by atoms with Crippen molar-refractivity contribution >= 4 is 22.4 Å². The van der Waals surface area contributed by atoms with Gasteiger partial charge in [0.1, 0.15) is 11.5 Å². The lowest BCUT2D eigenvalue weighted by Crippen LogP contribution is -2.13. The maximum Gasteiger partial charge on any atom is 0.256 e. The van der Waals surface area contributed by atoms with Gasteiger partial charge in [-0.15, -0.1) is 0 Å². The van der Waals surface area contributed by atoms with Gasteiger partial charge < -0.3 is 15.4 Å². The zero-order valence-corrected chi connectivity index (χ0v) is 17.8. The van der Waals surface area contributed by atoms with Gasteiger partial charge in [-0.1, -0.05) is 24.3 Å². The van der Waals surface area contributed by atoms with Crippen molar-refractivity contribution in [2.75, 3.05) is 12.4 Å². The molecular weight excluding hydrogens is 386 g/mol. The Hall–Kier alpha value is -3.70. The second kappa shape index (κ2) is 8.98. The number of hydrogen-bond acceptors (Lipinski definition) is 4. The van der Waals surface area contributed by atoms with E-state index in [0.29, 0.717) is 11.3 Å². The SMILES string of the molecule is CNC(C)c1cc(Oc2ccc3c(C(=O)Nc4cccc(C)c4)cccc3c2)ccn1. The number of aromatic nitrogens is 1. The average molecular weight is 412 g/mol. The number of ether oxygens (including phenoxy) is 1. The molecule has 4 aromatic rings. The first-order chi connectivity index (χ1) is 15.0. The van der Waals surface area contributed by atoms with Gasteiger partial charge >= 0.3 is 0 Å². The van der Waals surface area contributed by atoms with E-state index in [1.165, 1.54) is 0 Å². The fraction of sp³-hybridized carbons (Fsp3) is 0.154. The molecule has 31 heavy (non-hydrogen) atoms. The number of pyridine rings is 1. The minimum atomic E-state index is -0.135. The lowest BCUT2D eigenvalue weighted by Gasteiger charge is -2.13. The summed E-state index contributed by atoms with van der Waals surface area (Å²) in [6, 6.07) is 23.1. The lowest BCUT2D eigenvalue weighted by atomic mass is 10.0. The molecule has 0 spiro atoms. The van der Waals surface area contributed by atoms with Crippen molar-refractivity contribution in [1.29, 1.82) is 0 Å². The van der Waals surface area contributed by atoms with Crippen LogP contribution < -0.4 is 15.4 Å². The number of carbonyl (C=O) groups excluding carboxylic acids is 1. The molecule has 5 nitrogen and oxygen atoms in total. The summed E-state index contributed by atoms with van der Waals surface area (Å²) in [6.07, 6.45) is 1.74. The van der Waals surface area contributed by atoms with E-state index in [1.54, 1.807) is 6.20 Å². The molecule has 1 heterocycles. The van der Waals surface area contributed by atoms with Gasteiger partial charge in [0.15, 0.2) is 0 Å². The Bertz CT molecular complexity index is 1240. The second-order valence-corrected chi connectivity index (χ2v) is 7.54. The van der Waals surface area contributed by atoms with Crippen LogP contribution in [0.4, 0.5) is 5.69 Å². The van der Waals surface area contributed by atoms with Crippen molar-refractivity contribution in [2.45, 2.75) is 19.9 Å². The fourth-order valence-corrected chi connectivity index (χ4v) is 3.46. The van der Waals surface area contributed by atoms with E-state index in [9.17, 15) is 4.79 Å². The van der Waals surface area contributed by atoms with Crippen LogP contribution in [0.2, 0.25) is 0 Å². The average Bonchev–Trinajstić information content (AvgIpc) is 2.78. The highest BCUT2D eigenvalue weighted by Gasteiger charge is 2.12. The van der Waals surface area contributed by atoms with Crippen molar-refractivity contribution in [1.82, 2.24) is 10.3 Å². The predicted octanol–water partition coefficient (Wildman–Crippen LogP) is 5.87. The van der Waals surface area contributed by atoms with Crippen LogP contribution in [0.15, 0.2) is 79.0 Å². The zero-order valence-electron chi connectivity index (χ0n) is 17.8. The molecule has 5 heteroatoms. The van der Waals surface area contributed by atoms with Crippen LogP contribution in [0, 0.1) is 6.92 Å². The zero-order chi connectivity index (χ0) is 21.8. The Morgan fingerprint density at radius 1 is 0.968 bits per heavy atom. The van der Waals surface area contributed by atoms with E-state index in [0.717, 1.165) is 33.5 Å². The number of rotatable bonds is 6. The quantitative estimate of drug-likeness (QED) is 0.417. The maximum absolute atomic E-state index is 12.9. The van der Waals surface area contributed by atoms with Crippen LogP contribution in [0.25, 0.3) is 10.8 Å². The molecule has 0 bridgehead atoms. The number of nitrogens with zero attached hydrogens (tertiary/aromatic N) is 1. The molecule has 0 aliphatic rings. The standard InChI is InChI=1S/C26H25N3O2/c1-17-6-4-8-20(14-17)29-26(30)24-9-5-7-19-15-21(10-11-23(19)24)31-22-12-13-28-25(16-22)18(2)27-3/h4-16,18,27H,1-3H3,(H,29,30). The molecule has 2 N–H and O–H groups in total. The highest BCUT2D eigenvalue weighted by atomic mass is 16.5. The fourth-order valence-electron chi connectivity index (χ4n) is 3.46. The van der Waals surface area contributed by atoms with Gasteiger partial charge in [0, 0.05) is 29.6 Å². The molecule has 0 saturated heterocycles. The van der Waals surface area contributed by atoms with Gasteiger partial charge in [-0.3, -0.25) is 9.78 Å². The number of benzene rings is 3. The van der Waals surface area contributed by atoms with Crippen molar-refractivity contribution in [3.8, 4) is 11.5 Å². The van der Waals surface area contributed by atoms with Gasteiger partial charge in [0.2, 0.25) is 0 Å². The normalized spacial score (nSPS) is 11.8. The molecule has 1 amide bonds. The smallest absolute Gasteiger partial charge is 0.256 e. The first-order valence-electron chi connectivity index (χ1n) is 10.3. The summed E-state index contributed by atoms with van der Waals surface area (Å²) in [6.45, 7) is 4.05. The summed E-state index contributed by atoms with van der Waals surface area (Å²) in [4.78, 5) is 17.3. The summed E-state index contributed by atoms with van der Waals surface area (Å²) < 4.78 is 6.06. The molecule has 0 radical (unpaired) electrons. The number of anilines is 1. The van der Waals surface area contributed by atoms with Gasteiger partial charge in [-0.2, -0.15) is 0 Å². The minimum absolute atomic E-state index is 0.134. The van der Waals surface area contributed by atoms with Crippen LogP contribution in [0.3, 0.4) is 0 Å². The van der Waals surface area contributed by atoms with Crippen LogP contribution >= 0.6 is 0 Å². The first kappa shape index (κ1) is 20.6. The van der Waals surface area contributed by atoms with E-state index < -0.39 is 0 Å². The number of nitrogens with one attached hydrogen (secondary N) is 2. The van der Waals surface area contributed by atoms with Crippen LogP contribution in [-0.2, 0) is 0 Å². The van der Waals surface area contributed by atoms with Gasteiger partial charge in [0.05, 0.1) is 5.69 Å². The lowest BCUT2D eigenvalue weighted by molar-refractivity contribution is 0.102. The minimum Gasteiger partial charge on any atom is -0.457 e. The summed E-state index contributed by atoms with van der Waals surface area (Å²) in [7, 11) is 1.90. The summed E-state index contributed by atoms with van der Waals surface area (Å²) in [5, 5.41) is 7.97. The summed E-state index contributed by atoms with van der Waals surface area (Å²) >= 11 is 0. The number of aryl methyl sites for hydroxylation is 1. The molecule has 156 valence electrons. The second-order valence-electron chi connectivity index (χ2n) is 7.54. The predicted molar refractivity (Wildman–Crippen MR) is 125 cm³/mol. The number of amides is 1. The third kappa shape index (κ3) is 4.73. The number of carbonyl (C=O) groups is 1. The molecule has 4 rings (SSSR count). The van der Waals surface area contributed by atoms with Crippen LogP contribution in [-0.4, -0.2) is 17.9 Å². The number of fused-ring (bicyclic) bond motifs is 1. The van der Waals surface area contributed by atoms with Crippen LogP contribution in [0.5, 0.6) is 11.5 Å². The van der Waals surface area contributed by atoms with Crippen LogP contribution in [0.1, 0.15) is 34.6 Å². The molecule has 1 atom stereocenters. The van der Waals surface area contributed by atoms with E-state index in [4.69, 9.17) is 4.74 Å². The van der Waals surface area contributed by atoms with Crippen molar-refractivity contribution in [3.63, 3.8) is 0 Å². The molecule has 1 aromatic heterocycles. The molecule has 3 aromatic carbocycles. The van der Waals surface area contributed by atoms with Crippen molar-refractivity contribution in [3.05, 3.63) is 95.8 Å². The highest BCUT2D eigenvalue weighted by Crippen LogP contribution is 2.28. The third-order valence-electron chi connectivity index (χ3n) is 5.24. The van der Waals surface area contributed by atoms with Gasteiger partial charge in [-0.05, 0) is 79.7 Å². The van der Waals surface area contributed by atoms with E-state index in [2.05, 4.69) is 15.6 Å².